The standard InChI is InChI=1S/C21H22N4O3S/c1-14-20(29-19(23-14)12-15-6-4-3-5-7-15)21(27)25-24-18(26)13-22-16-8-10-17(28-2)11-9-16/h3-11,22H,12-13H2,1-2H3,(H,24,26)(H,25,27). The van der Waals surface area contributed by atoms with Crippen molar-refractivity contribution >= 4 is 28.8 Å². The van der Waals surface area contributed by atoms with E-state index in [1.165, 1.54) is 11.3 Å². The van der Waals surface area contributed by atoms with Gasteiger partial charge in [-0.1, -0.05) is 30.3 Å². The van der Waals surface area contributed by atoms with Gasteiger partial charge in [-0.05, 0) is 36.8 Å². The quantitative estimate of drug-likeness (QED) is 0.521. The number of carbonyl (C=O) groups is 2. The Morgan fingerprint density at radius 3 is 2.45 bits per heavy atom. The molecule has 29 heavy (non-hydrogen) atoms. The van der Waals surface area contributed by atoms with E-state index in [1.54, 1.807) is 38.3 Å². The first-order valence-electron chi connectivity index (χ1n) is 9.02. The van der Waals surface area contributed by atoms with Crippen molar-refractivity contribution in [2.24, 2.45) is 0 Å². The molecule has 0 fully saturated rings. The fourth-order valence-electron chi connectivity index (χ4n) is 2.63. The second kappa shape index (κ2) is 9.70. The lowest BCUT2D eigenvalue weighted by molar-refractivity contribution is -0.120. The highest BCUT2D eigenvalue weighted by molar-refractivity contribution is 7.13. The molecule has 0 saturated carbocycles. The molecule has 0 radical (unpaired) electrons. The van der Waals surface area contributed by atoms with Crippen LogP contribution in [-0.4, -0.2) is 30.5 Å². The molecule has 2 amide bonds. The van der Waals surface area contributed by atoms with Crippen molar-refractivity contribution in [1.29, 1.82) is 0 Å². The molecule has 0 unspecified atom stereocenters. The van der Waals surface area contributed by atoms with Crippen LogP contribution in [0, 0.1) is 6.92 Å². The van der Waals surface area contributed by atoms with Gasteiger partial charge in [0.2, 0.25) is 0 Å². The first-order valence-corrected chi connectivity index (χ1v) is 9.84. The minimum absolute atomic E-state index is 0.0214. The maximum absolute atomic E-state index is 12.4. The fourth-order valence-corrected chi connectivity index (χ4v) is 3.62. The van der Waals surface area contributed by atoms with Gasteiger partial charge in [0.15, 0.2) is 0 Å². The molecule has 3 aromatic rings. The number of amides is 2. The van der Waals surface area contributed by atoms with Crippen LogP contribution in [0.5, 0.6) is 5.75 Å². The minimum atomic E-state index is -0.378. The highest BCUT2D eigenvalue weighted by atomic mass is 32.1. The maximum Gasteiger partial charge on any atom is 0.281 e. The second-order valence-electron chi connectivity index (χ2n) is 6.27. The molecule has 7 nitrogen and oxygen atoms in total. The number of rotatable bonds is 7. The fraction of sp³-hybridized carbons (Fsp3) is 0.190. The number of aromatic nitrogens is 1. The number of aryl methyl sites for hydroxylation is 1. The third-order valence-electron chi connectivity index (χ3n) is 4.10. The Morgan fingerprint density at radius 1 is 1.03 bits per heavy atom. The van der Waals surface area contributed by atoms with Gasteiger partial charge in [-0.25, -0.2) is 4.98 Å². The summed E-state index contributed by atoms with van der Waals surface area (Å²) in [7, 11) is 1.59. The van der Waals surface area contributed by atoms with Crippen molar-refractivity contribution < 1.29 is 14.3 Å². The molecule has 1 heterocycles. The van der Waals surface area contributed by atoms with E-state index in [9.17, 15) is 9.59 Å². The van der Waals surface area contributed by atoms with Crippen molar-refractivity contribution in [3.05, 3.63) is 75.7 Å². The summed E-state index contributed by atoms with van der Waals surface area (Å²) in [6.07, 6.45) is 0.664. The average Bonchev–Trinajstić information content (AvgIpc) is 3.11. The second-order valence-corrected chi connectivity index (χ2v) is 7.35. The Balaban J connectivity index is 1.49. The summed E-state index contributed by atoms with van der Waals surface area (Å²) in [5.74, 6) is -0.00298. The molecular formula is C21H22N4O3S. The van der Waals surface area contributed by atoms with Gasteiger partial charge < -0.3 is 10.1 Å². The van der Waals surface area contributed by atoms with Gasteiger partial charge >= 0.3 is 0 Å². The largest absolute Gasteiger partial charge is 0.497 e. The highest BCUT2D eigenvalue weighted by Crippen LogP contribution is 2.20. The number of nitrogens with one attached hydrogen (secondary N) is 3. The predicted molar refractivity (Wildman–Crippen MR) is 113 cm³/mol. The number of carbonyl (C=O) groups excluding carboxylic acids is 2. The number of anilines is 1. The van der Waals surface area contributed by atoms with Crippen molar-refractivity contribution in [2.75, 3.05) is 19.0 Å². The lowest BCUT2D eigenvalue weighted by Gasteiger charge is -2.09. The van der Waals surface area contributed by atoms with Gasteiger partial charge in [0.1, 0.15) is 10.6 Å². The maximum atomic E-state index is 12.4. The van der Waals surface area contributed by atoms with Gasteiger partial charge in [0.25, 0.3) is 11.8 Å². The number of benzene rings is 2. The Morgan fingerprint density at radius 2 is 1.76 bits per heavy atom. The SMILES string of the molecule is COc1ccc(NCC(=O)NNC(=O)c2sc(Cc3ccccc3)nc2C)cc1. The van der Waals surface area contributed by atoms with E-state index in [1.807, 2.05) is 30.3 Å². The summed E-state index contributed by atoms with van der Waals surface area (Å²) in [6, 6.07) is 17.1. The van der Waals surface area contributed by atoms with Gasteiger partial charge in [-0.3, -0.25) is 20.4 Å². The Hall–Kier alpha value is -3.39. The van der Waals surface area contributed by atoms with Crippen LogP contribution in [0.25, 0.3) is 0 Å². The molecule has 0 atom stereocenters. The van der Waals surface area contributed by atoms with Crippen LogP contribution in [0.1, 0.15) is 25.9 Å². The summed E-state index contributed by atoms with van der Waals surface area (Å²) in [5.41, 5.74) is 7.40. The van der Waals surface area contributed by atoms with Gasteiger partial charge in [-0.2, -0.15) is 0 Å². The van der Waals surface area contributed by atoms with Crippen molar-refractivity contribution in [3.8, 4) is 5.75 Å². The minimum Gasteiger partial charge on any atom is -0.497 e. The van der Waals surface area contributed by atoms with Crippen LogP contribution in [0.2, 0.25) is 0 Å². The van der Waals surface area contributed by atoms with Gasteiger partial charge in [-0.15, -0.1) is 11.3 Å². The zero-order chi connectivity index (χ0) is 20.6. The van der Waals surface area contributed by atoms with E-state index in [0.29, 0.717) is 17.0 Å². The lowest BCUT2D eigenvalue weighted by Crippen LogP contribution is -2.44. The van der Waals surface area contributed by atoms with Crippen LogP contribution in [0.3, 0.4) is 0 Å². The molecule has 3 rings (SSSR count). The Kier molecular flexibility index (Phi) is 6.80. The summed E-state index contributed by atoms with van der Waals surface area (Å²) >= 11 is 1.33. The van der Waals surface area contributed by atoms with E-state index in [0.717, 1.165) is 22.0 Å². The normalized spacial score (nSPS) is 10.3. The Labute approximate surface area is 173 Å². The molecule has 0 spiro atoms. The van der Waals surface area contributed by atoms with E-state index in [2.05, 4.69) is 21.2 Å². The number of hydrazine groups is 1. The van der Waals surface area contributed by atoms with Crippen molar-refractivity contribution in [3.63, 3.8) is 0 Å². The van der Waals surface area contributed by atoms with Crippen LogP contribution < -0.4 is 20.9 Å². The zero-order valence-electron chi connectivity index (χ0n) is 16.2. The van der Waals surface area contributed by atoms with Gasteiger partial charge in [0.05, 0.1) is 24.4 Å². The van der Waals surface area contributed by atoms with Crippen LogP contribution in [0.4, 0.5) is 5.69 Å². The number of hydrogen-bond acceptors (Lipinski definition) is 6. The van der Waals surface area contributed by atoms with Crippen molar-refractivity contribution in [2.45, 2.75) is 13.3 Å². The molecule has 0 aliphatic carbocycles. The number of ether oxygens (including phenoxy) is 1. The molecule has 0 bridgehead atoms. The molecule has 8 heteroatoms. The molecule has 3 N–H and O–H groups in total. The summed E-state index contributed by atoms with van der Waals surface area (Å²) < 4.78 is 5.09. The first kappa shape index (κ1) is 20.3. The molecule has 0 aliphatic rings. The zero-order valence-corrected chi connectivity index (χ0v) is 17.0. The van der Waals surface area contributed by atoms with Crippen LogP contribution in [-0.2, 0) is 11.2 Å². The van der Waals surface area contributed by atoms with Crippen LogP contribution in [0.15, 0.2) is 54.6 Å². The van der Waals surface area contributed by atoms with E-state index in [4.69, 9.17) is 4.74 Å². The van der Waals surface area contributed by atoms with E-state index in [-0.39, 0.29) is 18.4 Å². The number of thiazole rings is 1. The molecule has 2 aromatic carbocycles. The third-order valence-corrected chi connectivity index (χ3v) is 5.26. The summed E-state index contributed by atoms with van der Waals surface area (Å²) in [4.78, 5) is 29.3. The summed E-state index contributed by atoms with van der Waals surface area (Å²) in [6.45, 7) is 1.81. The molecule has 150 valence electrons. The number of nitrogens with zero attached hydrogens (tertiary/aromatic N) is 1. The average molecular weight is 410 g/mol. The van der Waals surface area contributed by atoms with E-state index < -0.39 is 0 Å². The molecule has 0 saturated heterocycles. The Bertz CT molecular complexity index is 971. The number of hydrogen-bond donors (Lipinski definition) is 3. The van der Waals surface area contributed by atoms with Crippen LogP contribution >= 0.6 is 11.3 Å². The third kappa shape index (κ3) is 5.79. The van der Waals surface area contributed by atoms with E-state index >= 15 is 0 Å². The topological polar surface area (TPSA) is 92.4 Å². The molecule has 0 aliphatic heterocycles. The monoisotopic (exact) mass is 410 g/mol. The summed E-state index contributed by atoms with van der Waals surface area (Å²) in [5, 5.41) is 3.83. The molecule has 1 aromatic heterocycles. The lowest BCUT2D eigenvalue weighted by atomic mass is 10.2. The molecular weight excluding hydrogens is 388 g/mol. The highest BCUT2D eigenvalue weighted by Gasteiger charge is 2.16. The number of methoxy groups -OCH3 is 1. The van der Waals surface area contributed by atoms with Gasteiger partial charge in [0, 0.05) is 12.1 Å². The van der Waals surface area contributed by atoms with Crippen molar-refractivity contribution in [1.82, 2.24) is 15.8 Å². The first-order chi connectivity index (χ1) is 14.0. The predicted octanol–water partition coefficient (Wildman–Crippen LogP) is 2.92. The smallest absolute Gasteiger partial charge is 0.281 e.